The van der Waals surface area contributed by atoms with Gasteiger partial charge in [-0.25, -0.2) is 0 Å². The van der Waals surface area contributed by atoms with Gasteiger partial charge < -0.3 is 4.74 Å². The first-order chi connectivity index (χ1) is 10.1. The summed E-state index contributed by atoms with van der Waals surface area (Å²) >= 11 is 0. The Kier molecular flexibility index (Phi) is 4.88. The standard InChI is InChI=1S/C18H18O3/c1-3-21-18-7-5-4-6-15(18)17(20)12-16(19)14-10-8-13(2)9-11-14/h4-11H,3,12H2,1-2H3. The molecule has 3 heteroatoms. The Bertz CT molecular complexity index is 642. The van der Waals surface area contributed by atoms with E-state index in [1.807, 2.05) is 32.0 Å². The first kappa shape index (κ1) is 15.0. The highest BCUT2D eigenvalue weighted by Gasteiger charge is 2.16. The second kappa shape index (κ2) is 6.84. The Hall–Kier alpha value is -2.42. The van der Waals surface area contributed by atoms with E-state index < -0.39 is 0 Å². The van der Waals surface area contributed by atoms with Gasteiger partial charge in [-0.1, -0.05) is 42.0 Å². The van der Waals surface area contributed by atoms with Gasteiger partial charge >= 0.3 is 0 Å². The van der Waals surface area contributed by atoms with E-state index in [0.29, 0.717) is 23.5 Å². The molecular weight excluding hydrogens is 264 g/mol. The number of carbonyl (C=O) groups excluding carboxylic acids is 2. The molecule has 0 unspecified atom stereocenters. The Labute approximate surface area is 124 Å². The Morgan fingerprint density at radius 3 is 2.29 bits per heavy atom. The number of ketones is 2. The second-order valence-corrected chi connectivity index (χ2v) is 4.82. The molecule has 108 valence electrons. The van der Waals surface area contributed by atoms with Gasteiger partial charge in [-0.05, 0) is 26.0 Å². The van der Waals surface area contributed by atoms with E-state index in [1.165, 1.54) is 0 Å². The van der Waals surface area contributed by atoms with Gasteiger partial charge in [0, 0.05) is 5.56 Å². The summed E-state index contributed by atoms with van der Waals surface area (Å²) < 4.78 is 5.43. The maximum absolute atomic E-state index is 12.3. The third-order valence-corrected chi connectivity index (χ3v) is 3.18. The summed E-state index contributed by atoms with van der Waals surface area (Å²) in [4.78, 5) is 24.4. The van der Waals surface area contributed by atoms with Gasteiger partial charge in [0.2, 0.25) is 0 Å². The normalized spacial score (nSPS) is 10.2. The minimum atomic E-state index is -0.218. The van der Waals surface area contributed by atoms with Crippen molar-refractivity contribution in [1.82, 2.24) is 0 Å². The van der Waals surface area contributed by atoms with Crippen molar-refractivity contribution < 1.29 is 14.3 Å². The fourth-order valence-electron chi connectivity index (χ4n) is 2.06. The van der Waals surface area contributed by atoms with Crippen LogP contribution in [0.3, 0.4) is 0 Å². The van der Waals surface area contributed by atoms with Gasteiger partial charge in [-0.3, -0.25) is 9.59 Å². The topological polar surface area (TPSA) is 43.4 Å². The van der Waals surface area contributed by atoms with E-state index in [4.69, 9.17) is 4.74 Å². The molecular formula is C18H18O3. The van der Waals surface area contributed by atoms with E-state index in [0.717, 1.165) is 5.56 Å². The number of hydrogen-bond donors (Lipinski definition) is 0. The molecule has 2 aromatic rings. The van der Waals surface area contributed by atoms with E-state index in [2.05, 4.69) is 0 Å². The van der Waals surface area contributed by atoms with Crippen molar-refractivity contribution >= 4 is 11.6 Å². The minimum absolute atomic E-state index is 0.146. The molecule has 0 aliphatic heterocycles. The maximum Gasteiger partial charge on any atom is 0.174 e. The largest absolute Gasteiger partial charge is 0.493 e. The summed E-state index contributed by atoms with van der Waals surface area (Å²) in [6, 6.07) is 14.2. The monoisotopic (exact) mass is 282 g/mol. The third-order valence-electron chi connectivity index (χ3n) is 3.18. The molecule has 0 fully saturated rings. The van der Waals surface area contributed by atoms with Crippen molar-refractivity contribution in [3.8, 4) is 5.75 Å². The van der Waals surface area contributed by atoms with Crippen molar-refractivity contribution in [2.24, 2.45) is 0 Å². The number of benzene rings is 2. The summed E-state index contributed by atoms with van der Waals surface area (Å²) in [7, 11) is 0. The molecule has 2 aromatic carbocycles. The number of rotatable bonds is 6. The van der Waals surface area contributed by atoms with E-state index in [1.54, 1.807) is 30.3 Å². The van der Waals surface area contributed by atoms with Crippen LogP contribution in [0.4, 0.5) is 0 Å². The number of Topliss-reactive ketones (excluding diaryl/α,β-unsaturated/α-hetero) is 2. The molecule has 21 heavy (non-hydrogen) atoms. The van der Waals surface area contributed by atoms with Gasteiger partial charge in [0.15, 0.2) is 11.6 Å². The van der Waals surface area contributed by atoms with Crippen LogP contribution < -0.4 is 4.74 Å². The summed E-state index contributed by atoms with van der Waals surface area (Å²) in [5.74, 6) is 0.137. The molecule has 0 spiro atoms. The molecule has 0 aliphatic carbocycles. The molecule has 0 heterocycles. The van der Waals surface area contributed by atoms with Gasteiger partial charge in [0.25, 0.3) is 0 Å². The Balaban J connectivity index is 2.14. The Morgan fingerprint density at radius 1 is 0.952 bits per heavy atom. The van der Waals surface area contributed by atoms with Gasteiger partial charge in [0.1, 0.15) is 5.75 Å². The molecule has 0 saturated carbocycles. The Morgan fingerprint density at radius 2 is 1.62 bits per heavy atom. The van der Waals surface area contributed by atoms with Crippen LogP contribution in [0.1, 0.15) is 39.6 Å². The predicted molar refractivity (Wildman–Crippen MR) is 82.1 cm³/mol. The lowest BCUT2D eigenvalue weighted by Gasteiger charge is -2.08. The van der Waals surface area contributed by atoms with Crippen molar-refractivity contribution in [3.63, 3.8) is 0 Å². The molecule has 0 aliphatic rings. The quantitative estimate of drug-likeness (QED) is 0.597. The first-order valence-electron chi connectivity index (χ1n) is 6.96. The van der Waals surface area contributed by atoms with Gasteiger partial charge in [0.05, 0.1) is 18.6 Å². The molecule has 0 aromatic heterocycles. The van der Waals surface area contributed by atoms with E-state index in [9.17, 15) is 9.59 Å². The number of para-hydroxylation sites is 1. The van der Waals surface area contributed by atoms with E-state index >= 15 is 0 Å². The van der Waals surface area contributed by atoms with Gasteiger partial charge in [-0.15, -0.1) is 0 Å². The zero-order valence-electron chi connectivity index (χ0n) is 12.3. The van der Waals surface area contributed by atoms with Crippen LogP contribution >= 0.6 is 0 Å². The zero-order valence-corrected chi connectivity index (χ0v) is 12.3. The van der Waals surface area contributed by atoms with Crippen molar-refractivity contribution in [3.05, 3.63) is 65.2 Å². The molecule has 0 atom stereocenters. The number of hydrogen-bond acceptors (Lipinski definition) is 3. The molecule has 0 saturated heterocycles. The van der Waals surface area contributed by atoms with Crippen LogP contribution in [0, 0.1) is 6.92 Å². The highest BCUT2D eigenvalue weighted by Crippen LogP contribution is 2.20. The third kappa shape index (κ3) is 3.78. The van der Waals surface area contributed by atoms with Crippen LogP contribution in [0.15, 0.2) is 48.5 Å². The lowest BCUT2D eigenvalue weighted by Crippen LogP contribution is -2.10. The molecule has 0 amide bonds. The van der Waals surface area contributed by atoms with Crippen LogP contribution in [-0.2, 0) is 0 Å². The summed E-state index contributed by atoms with van der Waals surface area (Å²) in [6.45, 7) is 4.30. The lowest BCUT2D eigenvalue weighted by molar-refractivity contribution is 0.0892. The summed E-state index contributed by atoms with van der Waals surface area (Å²) in [5, 5.41) is 0. The first-order valence-corrected chi connectivity index (χ1v) is 6.96. The fraction of sp³-hybridized carbons (Fsp3) is 0.222. The van der Waals surface area contributed by atoms with Crippen molar-refractivity contribution in [2.75, 3.05) is 6.61 Å². The van der Waals surface area contributed by atoms with Gasteiger partial charge in [-0.2, -0.15) is 0 Å². The van der Waals surface area contributed by atoms with Crippen LogP contribution in [0.5, 0.6) is 5.75 Å². The maximum atomic E-state index is 12.3. The van der Waals surface area contributed by atoms with Crippen molar-refractivity contribution in [2.45, 2.75) is 20.3 Å². The SMILES string of the molecule is CCOc1ccccc1C(=O)CC(=O)c1ccc(C)cc1. The molecule has 0 radical (unpaired) electrons. The molecule has 2 rings (SSSR count). The second-order valence-electron chi connectivity index (χ2n) is 4.82. The summed E-state index contributed by atoms with van der Waals surface area (Å²) in [6.07, 6.45) is -0.146. The zero-order chi connectivity index (χ0) is 15.2. The molecule has 0 bridgehead atoms. The average molecular weight is 282 g/mol. The fourth-order valence-corrected chi connectivity index (χ4v) is 2.06. The number of carbonyl (C=O) groups is 2. The molecule has 3 nitrogen and oxygen atoms in total. The van der Waals surface area contributed by atoms with Crippen LogP contribution in [0.25, 0.3) is 0 Å². The highest BCUT2D eigenvalue weighted by molar-refractivity contribution is 6.14. The minimum Gasteiger partial charge on any atom is -0.493 e. The highest BCUT2D eigenvalue weighted by atomic mass is 16.5. The average Bonchev–Trinajstić information content (AvgIpc) is 2.48. The van der Waals surface area contributed by atoms with E-state index in [-0.39, 0.29) is 18.0 Å². The summed E-state index contributed by atoms with van der Waals surface area (Å²) in [5.41, 5.74) is 2.10. The number of ether oxygens (including phenoxy) is 1. The smallest absolute Gasteiger partial charge is 0.174 e. The van der Waals surface area contributed by atoms with Crippen molar-refractivity contribution in [1.29, 1.82) is 0 Å². The number of aryl methyl sites for hydroxylation is 1. The predicted octanol–water partition coefficient (Wildman–Crippen LogP) is 3.85. The molecule has 0 N–H and O–H groups in total. The lowest BCUT2D eigenvalue weighted by atomic mass is 10.0. The van der Waals surface area contributed by atoms with Crippen LogP contribution in [0.2, 0.25) is 0 Å². The van der Waals surface area contributed by atoms with Crippen LogP contribution in [-0.4, -0.2) is 18.2 Å².